The van der Waals surface area contributed by atoms with Crippen molar-refractivity contribution in [2.75, 3.05) is 43.6 Å². The molecule has 39 heavy (non-hydrogen) atoms. The standard InChI is InChI=1S/C30H37ClN2O5S/c1-39(36)13-3-12-37-17-27(34)24-8-5-22(24)16-33-18-30(11-2-4-20-14-23(31)7-9-25(20)30)19-38-28-10-6-21(15-26(28)33)29(35)32-39/h6-7,9-10,14-15,22,24,27,34H,1-5,8,11-13,16-19H2,(H,32,35,36)/t22-,24+,27+,30-,39?/m0/s1. The molecule has 1 unspecified atom stereocenters. The molecular weight excluding hydrogens is 536 g/mol. The summed E-state index contributed by atoms with van der Waals surface area (Å²) < 4.78 is 27.9. The lowest BCUT2D eigenvalue weighted by Gasteiger charge is -2.45. The summed E-state index contributed by atoms with van der Waals surface area (Å²) in [6.07, 6.45) is 4.99. The number of nitrogens with zero attached hydrogens (tertiary/aromatic N) is 1. The number of aryl methyl sites for hydroxylation is 1. The summed E-state index contributed by atoms with van der Waals surface area (Å²) in [6, 6.07) is 11.7. The third-order valence-electron chi connectivity index (χ3n) is 9.05. The van der Waals surface area contributed by atoms with Crippen LogP contribution in [0, 0.1) is 11.8 Å². The topological polar surface area (TPSA) is 88.1 Å². The number of hydrogen-bond donors (Lipinski definition) is 2. The van der Waals surface area contributed by atoms with E-state index in [-0.39, 0.29) is 23.7 Å². The van der Waals surface area contributed by atoms with E-state index in [0.29, 0.717) is 31.1 Å². The highest BCUT2D eigenvalue weighted by atomic mass is 35.5. The highest BCUT2D eigenvalue weighted by Crippen LogP contribution is 2.46. The number of fused-ring (bicyclic) bond motifs is 4. The van der Waals surface area contributed by atoms with E-state index >= 15 is 0 Å². The van der Waals surface area contributed by atoms with Gasteiger partial charge < -0.3 is 19.5 Å². The number of anilines is 1. The zero-order valence-corrected chi connectivity index (χ0v) is 23.8. The maximum absolute atomic E-state index is 13.2. The summed E-state index contributed by atoms with van der Waals surface area (Å²) in [6.45, 7) is 2.65. The second-order valence-corrected chi connectivity index (χ2v) is 14.4. The molecule has 1 saturated carbocycles. The molecule has 7 nitrogen and oxygen atoms in total. The van der Waals surface area contributed by atoms with Crippen LogP contribution >= 0.6 is 11.6 Å². The molecule has 2 aliphatic carbocycles. The first kappa shape index (κ1) is 26.9. The molecule has 0 radical (unpaired) electrons. The van der Waals surface area contributed by atoms with Gasteiger partial charge in [-0.25, -0.2) is 4.21 Å². The lowest BCUT2D eigenvalue weighted by atomic mass is 9.68. The van der Waals surface area contributed by atoms with Crippen LogP contribution in [0.2, 0.25) is 5.02 Å². The van der Waals surface area contributed by atoms with Crippen molar-refractivity contribution >= 4 is 38.8 Å². The Balaban J connectivity index is 1.40. The Hall–Kier alpha value is -2.26. The Morgan fingerprint density at radius 3 is 2.87 bits per heavy atom. The Morgan fingerprint density at radius 2 is 2.05 bits per heavy atom. The first-order valence-corrected chi connectivity index (χ1v) is 16.2. The van der Waals surface area contributed by atoms with Crippen LogP contribution in [0.15, 0.2) is 36.4 Å². The largest absolute Gasteiger partial charge is 0.490 e. The number of aliphatic hydroxyl groups is 1. The van der Waals surface area contributed by atoms with Gasteiger partial charge in [0.2, 0.25) is 0 Å². The van der Waals surface area contributed by atoms with E-state index in [4.69, 9.17) is 21.1 Å². The van der Waals surface area contributed by atoms with Crippen LogP contribution in [0.25, 0.3) is 0 Å². The van der Waals surface area contributed by atoms with Gasteiger partial charge in [-0.05, 0) is 97.7 Å². The Bertz CT molecular complexity index is 1370. The number of carbonyl (C=O) groups excluding carboxylic acids is 1. The molecule has 2 N–H and O–H groups in total. The number of aliphatic hydroxyl groups excluding tert-OH is 1. The van der Waals surface area contributed by atoms with Gasteiger partial charge in [0.15, 0.2) is 0 Å². The quantitative estimate of drug-likeness (QED) is 0.464. The molecule has 6 rings (SSSR count). The number of ether oxygens (including phenoxy) is 2. The fourth-order valence-corrected chi connectivity index (χ4v) is 8.20. The number of nitrogens with one attached hydrogen (secondary N) is 1. The zero-order chi connectivity index (χ0) is 27.2. The summed E-state index contributed by atoms with van der Waals surface area (Å²) in [7, 11) is -2.83. The fraction of sp³-hybridized carbons (Fsp3) is 0.533. The van der Waals surface area contributed by atoms with Crippen LogP contribution in [0.5, 0.6) is 5.75 Å². The molecule has 4 aliphatic rings. The third-order valence-corrected chi connectivity index (χ3v) is 10.8. The highest BCUT2D eigenvalue weighted by molar-refractivity contribution is 7.99. The summed E-state index contributed by atoms with van der Waals surface area (Å²) in [5, 5.41) is 11.7. The maximum atomic E-state index is 13.2. The second kappa shape index (κ2) is 10.6. The SMILES string of the molecule is C=S1(=O)CCCOC[C@@H](O)[C@@H]2CC[C@H]2CN2C[C@@]3(CCCc4cc(Cl)ccc43)COc3ccc(cc32)C(=O)N1. The van der Waals surface area contributed by atoms with Crippen molar-refractivity contribution in [1.82, 2.24) is 4.72 Å². The van der Waals surface area contributed by atoms with Crippen molar-refractivity contribution in [2.24, 2.45) is 11.8 Å². The molecule has 0 aromatic heterocycles. The molecule has 2 aliphatic heterocycles. The van der Waals surface area contributed by atoms with E-state index in [9.17, 15) is 14.1 Å². The minimum absolute atomic E-state index is 0.155. The lowest BCUT2D eigenvalue weighted by molar-refractivity contribution is -0.0417. The van der Waals surface area contributed by atoms with Crippen molar-refractivity contribution in [3.8, 4) is 5.75 Å². The van der Waals surface area contributed by atoms with Gasteiger partial charge in [0.1, 0.15) is 5.75 Å². The summed E-state index contributed by atoms with van der Waals surface area (Å²) in [4.78, 5) is 15.6. The van der Waals surface area contributed by atoms with Crippen molar-refractivity contribution in [3.05, 3.63) is 58.1 Å². The van der Waals surface area contributed by atoms with E-state index < -0.39 is 21.7 Å². The Kier molecular flexibility index (Phi) is 7.33. The maximum Gasteiger partial charge on any atom is 0.262 e. The van der Waals surface area contributed by atoms with E-state index in [2.05, 4.69) is 27.6 Å². The smallest absolute Gasteiger partial charge is 0.262 e. The average Bonchev–Trinajstić information content (AvgIpc) is 3.02. The molecule has 5 atom stereocenters. The third kappa shape index (κ3) is 5.41. The van der Waals surface area contributed by atoms with Crippen LogP contribution in [-0.4, -0.2) is 65.9 Å². The van der Waals surface area contributed by atoms with Crippen LogP contribution in [0.3, 0.4) is 0 Å². The number of halogens is 1. The predicted molar refractivity (Wildman–Crippen MR) is 155 cm³/mol. The van der Waals surface area contributed by atoms with Gasteiger partial charge in [-0.15, -0.1) is 0 Å². The fourth-order valence-electron chi connectivity index (χ4n) is 6.87. The average molecular weight is 573 g/mol. The van der Waals surface area contributed by atoms with Crippen LogP contribution in [0.4, 0.5) is 5.69 Å². The van der Waals surface area contributed by atoms with E-state index in [1.54, 1.807) is 6.07 Å². The molecule has 1 fully saturated rings. The van der Waals surface area contributed by atoms with Gasteiger partial charge in [0, 0.05) is 51.2 Å². The van der Waals surface area contributed by atoms with Crippen molar-refractivity contribution in [2.45, 2.75) is 50.0 Å². The normalized spacial score (nSPS) is 33.1. The number of carbonyl (C=O) groups is 1. The van der Waals surface area contributed by atoms with Gasteiger partial charge in [-0.1, -0.05) is 17.7 Å². The number of benzene rings is 2. The molecule has 9 heteroatoms. The van der Waals surface area contributed by atoms with Crippen molar-refractivity contribution < 1.29 is 23.6 Å². The first-order chi connectivity index (χ1) is 18.7. The molecule has 2 heterocycles. The molecule has 2 aromatic rings. The number of rotatable bonds is 0. The monoisotopic (exact) mass is 572 g/mol. The van der Waals surface area contributed by atoms with E-state index in [0.717, 1.165) is 61.7 Å². The lowest BCUT2D eigenvalue weighted by Crippen LogP contribution is -2.50. The van der Waals surface area contributed by atoms with Gasteiger partial charge >= 0.3 is 0 Å². The minimum Gasteiger partial charge on any atom is -0.490 e. The van der Waals surface area contributed by atoms with Gasteiger partial charge in [0.25, 0.3) is 5.91 Å². The minimum atomic E-state index is -2.83. The van der Waals surface area contributed by atoms with Crippen LogP contribution in [-0.2, 0) is 26.3 Å². The molecule has 210 valence electrons. The molecule has 2 aromatic carbocycles. The Labute approximate surface area is 236 Å². The van der Waals surface area contributed by atoms with Gasteiger partial charge in [0.05, 0.1) is 25.0 Å². The van der Waals surface area contributed by atoms with Crippen LogP contribution < -0.4 is 14.4 Å². The molecular formula is C30H37ClN2O5S. The number of hydrogen-bond acceptors (Lipinski definition) is 6. The van der Waals surface area contributed by atoms with E-state index in [1.165, 1.54) is 11.1 Å². The summed E-state index contributed by atoms with van der Waals surface area (Å²) in [5.74, 6) is 4.79. The first-order valence-electron chi connectivity index (χ1n) is 14.0. The number of amides is 1. The predicted octanol–water partition coefficient (Wildman–Crippen LogP) is 3.98. The molecule has 2 bridgehead atoms. The van der Waals surface area contributed by atoms with Crippen molar-refractivity contribution in [1.29, 1.82) is 0 Å². The molecule has 1 spiro atoms. The zero-order valence-electron chi connectivity index (χ0n) is 22.2. The van der Waals surface area contributed by atoms with E-state index in [1.807, 2.05) is 18.2 Å². The van der Waals surface area contributed by atoms with Gasteiger partial charge in [-0.2, -0.15) is 0 Å². The highest BCUT2D eigenvalue weighted by Gasteiger charge is 2.44. The molecule has 0 saturated heterocycles. The Morgan fingerprint density at radius 1 is 1.18 bits per heavy atom. The van der Waals surface area contributed by atoms with Crippen molar-refractivity contribution in [3.63, 3.8) is 0 Å². The second-order valence-electron chi connectivity index (χ2n) is 11.7. The van der Waals surface area contributed by atoms with Crippen LogP contribution in [0.1, 0.15) is 53.6 Å². The summed E-state index contributed by atoms with van der Waals surface area (Å²) in [5.41, 5.74) is 3.63. The summed E-state index contributed by atoms with van der Waals surface area (Å²) >= 11 is 6.37. The molecule has 1 amide bonds. The van der Waals surface area contributed by atoms with Gasteiger partial charge in [-0.3, -0.25) is 9.52 Å².